The smallest absolute Gasteiger partial charge is 0.193 e. The third kappa shape index (κ3) is 3.91. The number of anilines is 2. The molecule has 2 heterocycles. The Morgan fingerprint density at radius 3 is 2.12 bits per heavy atom. The third-order valence-corrected chi connectivity index (χ3v) is 5.58. The van der Waals surface area contributed by atoms with E-state index in [1.165, 1.54) is 5.56 Å². The minimum atomic E-state index is -0.0487. The molecule has 0 saturated heterocycles. The van der Waals surface area contributed by atoms with Crippen LogP contribution in [0.15, 0.2) is 108 Å². The number of aryl methyl sites for hydroxylation is 1. The molecular weight excluding hydrogens is 394 g/mol. The van der Waals surface area contributed by atoms with E-state index in [0.717, 1.165) is 29.1 Å². The molecule has 0 aliphatic rings. The molecule has 0 saturated carbocycles. The van der Waals surface area contributed by atoms with Gasteiger partial charge in [0.1, 0.15) is 11.5 Å². The van der Waals surface area contributed by atoms with Crippen molar-refractivity contribution < 1.29 is 0 Å². The quantitative estimate of drug-likeness (QED) is 0.380. The lowest BCUT2D eigenvalue weighted by molar-refractivity contribution is 1.03. The van der Waals surface area contributed by atoms with Gasteiger partial charge in [-0.05, 0) is 54.8 Å². The standard InChI is InChI=1S/C28H23N3O/c1-20-22(17-21-11-5-2-6-12-21)18-25-26(32)19-27(30-23-13-7-3-8-14-23)31(28(25)29-20)24-15-9-4-10-16-24/h2-16,18-19,30H,17H2,1H3. The highest BCUT2D eigenvalue weighted by atomic mass is 16.1. The first kappa shape index (κ1) is 19.8. The summed E-state index contributed by atoms with van der Waals surface area (Å²) in [5, 5.41) is 4.02. The Morgan fingerprint density at radius 2 is 1.44 bits per heavy atom. The lowest BCUT2D eigenvalue weighted by Gasteiger charge is -2.19. The number of fused-ring (bicyclic) bond motifs is 1. The van der Waals surface area contributed by atoms with E-state index < -0.39 is 0 Å². The van der Waals surface area contributed by atoms with Crippen LogP contribution in [0.3, 0.4) is 0 Å². The van der Waals surface area contributed by atoms with Crippen LogP contribution >= 0.6 is 0 Å². The fourth-order valence-corrected chi connectivity index (χ4v) is 3.96. The van der Waals surface area contributed by atoms with Crippen LogP contribution in [0.4, 0.5) is 11.5 Å². The molecule has 0 fully saturated rings. The molecule has 0 spiro atoms. The second kappa shape index (κ2) is 8.52. The molecule has 4 heteroatoms. The van der Waals surface area contributed by atoms with Gasteiger partial charge < -0.3 is 5.32 Å². The molecule has 156 valence electrons. The highest BCUT2D eigenvalue weighted by Crippen LogP contribution is 2.26. The van der Waals surface area contributed by atoms with Crippen LogP contribution in [-0.2, 0) is 6.42 Å². The summed E-state index contributed by atoms with van der Waals surface area (Å²) < 4.78 is 2.02. The normalized spacial score (nSPS) is 10.9. The van der Waals surface area contributed by atoms with E-state index in [9.17, 15) is 4.79 Å². The Bertz CT molecular complexity index is 1430. The lowest BCUT2D eigenvalue weighted by Crippen LogP contribution is -2.15. The maximum atomic E-state index is 13.2. The first-order valence-electron chi connectivity index (χ1n) is 10.7. The first-order chi connectivity index (χ1) is 15.7. The number of benzene rings is 3. The molecular formula is C28H23N3O. The fourth-order valence-electron chi connectivity index (χ4n) is 3.96. The van der Waals surface area contributed by atoms with Crippen molar-refractivity contribution in [2.24, 2.45) is 0 Å². The highest BCUT2D eigenvalue weighted by Gasteiger charge is 2.15. The molecule has 1 N–H and O–H groups in total. The molecule has 5 aromatic rings. The first-order valence-corrected chi connectivity index (χ1v) is 10.7. The SMILES string of the molecule is Cc1nc2c(cc1Cc1ccccc1)c(=O)cc(Nc1ccccc1)n2-c1ccccc1. The van der Waals surface area contributed by atoms with Gasteiger partial charge in [-0.3, -0.25) is 9.36 Å². The number of hydrogen-bond donors (Lipinski definition) is 1. The molecule has 0 aliphatic carbocycles. The molecule has 0 aliphatic heterocycles. The number of aromatic nitrogens is 2. The summed E-state index contributed by atoms with van der Waals surface area (Å²) >= 11 is 0. The van der Waals surface area contributed by atoms with E-state index in [1.54, 1.807) is 6.07 Å². The van der Waals surface area contributed by atoms with Crippen LogP contribution in [0.5, 0.6) is 0 Å². The largest absolute Gasteiger partial charge is 0.341 e. The molecule has 3 aromatic carbocycles. The fraction of sp³-hybridized carbons (Fsp3) is 0.0714. The molecule has 0 radical (unpaired) electrons. The number of rotatable bonds is 5. The minimum Gasteiger partial charge on any atom is -0.341 e. The molecule has 32 heavy (non-hydrogen) atoms. The molecule has 2 aromatic heterocycles. The average Bonchev–Trinajstić information content (AvgIpc) is 2.82. The maximum absolute atomic E-state index is 13.2. The Labute approximate surface area is 186 Å². The van der Waals surface area contributed by atoms with Gasteiger partial charge in [0.2, 0.25) is 0 Å². The van der Waals surface area contributed by atoms with Crippen molar-refractivity contribution in [3.63, 3.8) is 0 Å². The minimum absolute atomic E-state index is 0.0487. The van der Waals surface area contributed by atoms with Crippen molar-refractivity contribution in [3.8, 4) is 5.69 Å². The Balaban J connectivity index is 1.71. The van der Waals surface area contributed by atoms with Crippen LogP contribution in [0.1, 0.15) is 16.8 Å². The van der Waals surface area contributed by atoms with Gasteiger partial charge in [-0.2, -0.15) is 0 Å². The molecule has 0 amide bonds. The summed E-state index contributed by atoms with van der Waals surface area (Å²) in [4.78, 5) is 18.1. The van der Waals surface area contributed by atoms with Gasteiger partial charge in [0, 0.05) is 23.1 Å². The van der Waals surface area contributed by atoms with Crippen molar-refractivity contribution in [2.45, 2.75) is 13.3 Å². The van der Waals surface area contributed by atoms with E-state index in [1.807, 2.05) is 96.4 Å². The summed E-state index contributed by atoms with van der Waals surface area (Å²) in [6, 6.07) is 33.8. The molecule has 4 nitrogen and oxygen atoms in total. The van der Waals surface area contributed by atoms with E-state index in [2.05, 4.69) is 17.4 Å². The van der Waals surface area contributed by atoms with Crippen LogP contribution in [0, 0.1) is 6.92 Å². The van der Waals surface area contributed by atoms with Crippen molar-refractivity contribution in [1.29, 1.82) is 0 Å². The highest BCUT2D eigenvalue weighted by molar-refractivity contribution is 5.82. The monoisotopic (exact) mass is 417 g/mol. The van der Waals surface area contributed by atoms with Crippen molar-refractivity contribution in [3.05, 3.63) is 130 Å². The van der Waals surface area contributed by atoms with Gasteiger partial charge in [0.05, 0.1) is 5.39 Å². The van der Waals surface area contributed by atoms with Gasteiger partial charge in [-0.25, -0.2) is 4.98 Å². The molecule has 0 atom stereocenters. The van der Waals surface area contributed by atoms with Crippen LogP contribution in [-0.4, -0.2) is 9.55 Å². The number of nitrogens with one attached hydrogen (secondary N) is 1. The van der Waals surface area contributed by atoms with Crippen LogP contribution < -0.4 is 10.7 Å². The van der Waals surface area contributed by atoms with Gasteiger partial charge >= 0.3 is 0 Å². The van der Waals surface area contributed by atoms with E-state index in [-0.39, 0.29) is 5.43 Å². The predicted molar refractivity (Wildman–Crippen MR) is 131 cm³/mol. The molecule has 0 unspecified atom stereocenters. The average molecular weight is 418 g/mol. The Kier molecular flexibility index (Phi) is 5.26. The number of pyridine rings is 2. The number of nitrogens with zero attached hydrogens (tertiary/aromatic N) is 2. The summed E-state index contributed by atoms with van der Waals surface area (Å²) in [5.41, 5.74) is 5.63. The van der Waals surface area contributed by atoms with Crippen molar-refractivity contribution >= 4 is 22.5 Å². The van der Waals surface area contributed by atoms with Crippen LogP contribution in [0.2, 0.25) is 0 Å². The zero-order valence-electron chi connectivity index (χ0n) is 17.8. The second-order valence-corrected chi connectivity index (χ2v) is 7.82. The third-order valence-electron chi connectivity index (χ3n) is 5.58. The summed E-state index contributed by atoms with van der Waals surface area (Å²) in [6.45, 7) is 2.01. The predicted octanol–water partition coefficient (Wildman–Crippen LogP) is 6.03. The van der Waals surface area contributed by atoms with E-state index >= 15 is 0 Å². The van der Waals surface area contributed by atoms with Crippen molar-refractivity contribution in [1.82, 2.24) is 9.55 Å². The van der Waals surface area contributed by atoms with Gasteiger partial charge in [-0.15, -0.1) is 0 Å². The Hall–Kier alpha value is -4.18. The van der Waals surface area contributed by atoms with Gasteiger partial charge in [0.15, 0.2) is 5.43 Å². The van der Waals surface area contributed by atoms with Crippen molar-refractivity contribution in [2.75, 3.05) is 5.32 Å². The summed E-state index contributed by atoms with van der Waals surface area (Å²) in [5.74, 6) is 0.683. The topological polar surface area (TPSA) is 46.9 Å². The number of hydrogen-bond acceptors (Lipinski definition) is 3. The lowest BCUT2D eigenvalue weighted by atomic mass is 10.0. The zero-order valence-corrected chi connectivity index (χ0v) is 17.8. The van der Waals surface area contributed by atoms with Gasteiger partial charge in [-0.1, -0.05) is 66.7 Å². The van der Waals surface area contributed by atoms with E-state index in [4.69, 9.17) is 4.98 Å². The molecule has 0 bridgehead atoms. The Morgan fingerprint density at radius 1 is 0.812 bits per heavy atom. The zero-order chi connectivity index (χ0) is 21.9. The van der Waals surface area contributed by atoms with Gasteiger partial charge in [0.25, 0.3) is 0 Å². The van der Waals surface area contributed by atoms with Crippen LogP contribution in [0.25, 0.3) is 16.7 Å². The molecule has 5 rings (SSSR count). The summed E-state index contributed by atoms with van der Waals surface area (Å²) in [6.07, 6.45) is 0.740. The number of para-hydroxylation sites is 2. The summed E-state index contributed by atoms with van der Waals surface area (Å²) in [7, 11) is 0. The maximum Gasteiger partial charge on any atom is 0.193 e. The van der Waals surface area contributed by atoms with E-state index in [0.29, 0.717) is 16.9 Å². The second-order valence-electron chi connectivity index (χ2n) is 7.82.